The number of hydrogen-bond donors (Lipinski definition) is 0. The van der Waals surface area contributed by atoms with Gasteiger partial charge in [-0.05, 0) is 46.5 Å². The quantitative estimate of drug-likeness (QED) is 0.402. The maximum absolute atomic E-state index is 13.7. The lowest BCUT2D eigenvalue weighted by atomic mass is 9.55. The molecule has 3 aromatic rings. The predicted molar refractivity (Wildman–Crippen MR) is 115 cm³/mol. The minimum absolute atomic E-state index is 0.151. The van der Waals surface area contributed by atoms with E-state index in [-0.39, 0.29) is 17.7 Å². The van der Waals surface area contributed by atoms with Crippen molar-refractivity contribution in [2.75, 3.05) is 4.90 Å². The van der Waals surface area contributed by atoms with Crippen LogP contribution < -0.4 is 4.90 Å². The summed E-state index contributed by atoms with van der Waals surface area (Å²) in [7, 11) is 0. The topological polar surface area (TPSA) is 61.2 Å². The van der Waals surface area contributed by atoms with Crippen LogP contribution in [0.15, 0.2) is 72.8 Å². The normalized spacial score (nSPS) is 28.0. The first-order valence-corrected chi connectivity index (χ1v) is 10.6. The summed E-state index contributed by atoms with van der Waals surface area (Å²) in [5.74, 6) is -1.50. The van der Waals surface area contributed by atoms with Crippen LogP contribution in [0, 0.1) is 23.2 Å². The van der Waals surface area contributed by atoms with Crippen molar-refractivity contribution in [3.05, 3.63) is 101 Å². The lowest BCUT2D eigenvalue weighted by Gasteiger charge is -2.51. The number of alkyl halides is 1. The number of benzene rings is 3. The molecular formula is C25H15BrN2O2. The van der Waals surface area contributed by atoms with Crippen LogP contribution in [0.2, 0.25) is 0 Å². The van der Waals surface area contributed by atoms with Crippen molar-refractivity contribution in [1.82, 2.24) is 0 Å². The summed E-state index contributed by atoms with van der Waals surface area (Å²) in [5.41, 5.74) is 5.36. The molecule has 0 saturated carbocycles. The van der Waals surface area contributed by atoms with Gasteiger partial charge in [-0.2, -0.15) is 5.26 Å². The van der Waals surface area contributed by atoms with Crippen molar-refractivity contribution in [3.63, 3.8) is 0 Å². The maximum Gasteiger partial charge on any atom is 0.239 e. The van der Waals surface area contributed by atoms with Crippen LogP contribution in [0.5, 0.6) is 0 Å². The Morgan fingerprint density at radius 3 is 1.97 bits per heavy atom. The Bertz CT molecular complexity index is 1240. The van der Waals surface area contributed by atoms with E-state index in [0.717, 1.165) is 22.3 Å². The first-order chi connectivity index (χ1) is 14.6. The Hall–Kier alpha value is -3.23. The third kappa shape index (κ3) is 1.95. The molecule has 1 saturated heterocycles. The summed E-state index contributed by atoms with van der Waals surface area (Å²) >= 11 is 3.99. The van der Waals surface area contributed by atoms with Crippen LogP contribution in [-0.2, 0) is 13.9 Å². The maximum atomic E-state index is 13.7. The van der Waals surface area contributed by atoms with Gasteiger partial charge < -0.3 is 0 Å². The second-order valence-corrected chi connectivity index (χ2v) is 9.29. The molecule has 2 bridgehead atoms. The average molecular weight is 455 g/mol. The Kier molecular flexibility index (Phi) is 3.46. The van der Waals surface area contributed by atoms with E-state index in [9.17, 15) is 9.59 Å². The number of nitriles is 1. The second-order valence-electron chi connectivity index (χ2n) is 8.04. The molecule has 0 N–H and O–H groups in total. The van der Waals surface area contributed by atoms with Gasteiger partial charge in [0.2, 0.25) is 11.8 Å². The predicted octanol–water partition coefficient (Wildman–Crippen LogP) is 4.46. The van der Waals surface area contributed by atoms with E-state index in [4.69, 9.17) is 5.26 Å². The molecular weight excluding hydrogens is 440 g/mol. The van der Waals surface area contributed by atoms with Gasteiger partial charge in [0.25, 0.3) is 0 Å². The van der Waals surface area contributed by atoms with Crippen LogP contribution in [0.25, 0.3) is 0 Å². The highest BCUT2D eigenvalue weighted by Gasteiger charge is 2.67. The third-order valence-corrected chi connectivity index (χ3v) is 8.12. The van der Waals surface area contributed by atoms with Gasteiger partial charge in [0.05, 0.1) is 33.5 Å². The van der Waals surface area contributed by atoms with Crippen LogP contribution in [0.3, 0.4) is 0 Å². The number of hydrogen-bond acceptors (Lipinski definition) is 3. The molecule has 4 nitrogen and oxygen atoms in total. The van der Waals surface area contributed by atoms with Gasteiger partial charge in [-0.25, -0.2) is 4.90 Å². The van der Waals surface area contributed by atoms with Crippen molar-refractivity contribution >= 4 is 33.4 Å². The highest BCUT2D eigenvalue weighted by Crippen LogP contribution is 2.66. The number of carbonyl (C=O) groups is 2. The molecule has 1 heterocycles. The second kappa shape index (κ2) is 5.90. The molecule has 1 aliphatic heterocycles. The van der Waals surface area contributed by atoms with Crippen molar-refractivity contribution in [2.45, 2.75) is 10.2 Å². The molecule has 0 radical (unpaired) electrons. The molecule has 0 aromatic heterocycles. The third-order valence-electron chi connectivity index (χ3n) is 6.77. The van der Waals surface area contributed by atoms with E-state index < -0.39 is 16.2 Å². The number of halogens is 1. The largest absolute Gasteiger partial charge is 0.274 e. The van der Waals surface area contributed by atoms with Crippen molar-refractivity contribution < 1.29 is 9.59 Å². The number of amides is 2. The number of rotatable bonds is 1. The fraction of sp³-hybridized carbons (Fsp3) is 0.160. The van der Waals surface area contributed by atoms with Gasteiger partial charge in [-0.3, -0.25) is 9.59 Å². The van der Waals surface area contributed by atoms with Crippen LogP contribution in [0.1, 0.15) is 33.7 Å². The highest BCUT2D eigenvalue weighted by molar-refractivity contribution is 9.09. The molecule has 30 heavy (non-hydrogen) atoms. The first kappa shape index (κ1) is 17.6. The zero-order chi connectivity index (χ0) is 20.6. The van der Waals surface area contributed by atoms with Crippen LogP contribution in [-0.4, -0.2) is 11.8 Å². The molecule has 3 aromatic carbocycles. The average Bonchev–Trinajstić information content (AvgIpc) is 3.06. The SMILES string of the molecule is N#Cc1ccc(N2C(=O)[C@@H]3C4c5ccccc5C(Br)(c5ccccc54)[C@H]3C2=O)cc1. The van der Waals surface area contributed by atoms with E-state index in [1.807, 2.05) is 24.3 Å². The number of nitrogens with zero attached hydrogens (tertiary/aromatic N) is 2. The van der Waals surface area contributed by atoms with Crippen LogP contribution >= 0.6 is 15.9 Å². The van der Waals surface area contributed by atoms with Gasteiger partial charge in [0.15, 0.2) is 0 Å². The Morgan fingerprint density at radius 1 is 0.833 bits per heavy atom. The number of anilines is 1. The monoisotopic (exact) mass is 454 g/mol. The summed E-state index contributed by atoms with van der Waals surface area (Å²) in [6.45, 7) is 0. The summed E-state index contributed by atoms with van der Waals surface area (Å²) in [6, 6.07) is 24.9. The fourth-order valence-corrected chi connectivity index (χ4v) is 6.82. The molecule has 0 spiro atoms. The molecule has 5 heteroatoms. The minimum atomic E-state index is -0.742. The molecule has 3 aliphatic carbocycles. The van der Waals surface area contributed by atoms with E-state index in [0.29, 0.717) is 11.3 Å². The molecule has 2 atom stereocenters. The van der Waals surface area contributed by atoms with E-state index in [1.54, 1.807) is 24.3 Å². The summed E-state index contributed by atoms with van der Waals surface area (Å²) in [6.07, 6.45) is 0. The number of imide groups is 1. The van der Waals surface area contributed by atoms with Crippen molar-refractivity contribution in [2.24, 2.45) is 11.8 Å². The van der Waals surface area contributed by atoms with Crippen molar-refractivity contribution in [3.8, 4) is 6.07 Å². The van der Waals surface area contributed by atoms with Gasteiger partial charge in [0.1, 0.15) is 0 Å². The molecule has 1 fully saturated rings. The molecule has 0 unspecified atom stereocenters. The van der Waals surface area contributed by atoms with Gasteiger partial charge in [-0.1, -0.05) is 64.5 Å². The zero-order valence-corrected chi connectivity index (χ0v) is 17.3. The fourth-order valence-electron chi connectivity index (χ4n) is 5.62. The number of carbonyl (C=O) groups excluding carboxylic acids is 2. The molecule has 144 valence electrons. The van der Waals surface area contributed by atoms with E-state index >= 15 is 0 Å². The van der Waals surface area contributed by atoms with Crippen LogP contribution in [0.4, 0.5) is 5.69 Å². The molecule has 4 aliphatic rings. The van der Waals surface area contributed by atoms with Crippen molar-refractivity contribution in [1.29, 1.82) is 5.26 Å². The molecule has 2 amide bonds. The van der Waals surface area contributed by atoms with E-state index in [1.165, 1.54) is 4.90 Å². The summed E-state index contributed by atoms with van der Waals surface area (Å²) in [4.78, 5) is 28.7. The van der Waals surface area contributed by atoms with Gasteiger partial charge >= 0.3 is 0 Å². The lowest BCUT2D eigenvalue weighted by molar-refractivity contribution is -0.122. The van der Waals surface area contributed by atoms with E-state index in [2.05, 4.69) is 46.3 Å². The first-order valence-electron chi connectivity index (χ1n) is 9.83. The zero-order valence-electron chi connectivity index (χ0n) is 15.7. The minimum Gasteiger partial charge on any atom is -0.274 e. The Morgan fingerprint density at radius 2 is 1.40 bits per heavy atom. The highest BCUT2D eigenvalue weighted by atomic mass is 79.9. The smallest absolute Gasteiger partial charge is 0.239 e. The lowest BCUT2D eigenvalue weighted by Crippen LogP contribution is -2.50. The van der Waals surface area contributed by atoms with Gasteiger partial charge in [-0.15, -0.1) is 0 Å². The molecule has 7 rings (SSSR count). The summed E-state index contributed by atoms with van der Waals surface area (Å²) < 4.78 is -0.742. The Balaban J connectivity index is 1.58. The van der Waals surface area contributed by atoms with Gasteiger partial charge in [0, 0.05) is 5.92 Å². The summed E-state index contributed by atoms with van der Waals surface area (Å²) in [5, 5.41) is 9.07. The standard InChI is InChI=1S/C25H15BrN2O2/c26-25-18-7-3-1-5-16(18)20(17-6-2-4-8-19(17)25)21-22(25)24(30)28(23(21)29)15-11-9-14(13-27)10-12-15/h1-12,20-22H/t20?,21-,22-,25?/m1/s1. The Labute approximate surface area is 181 Å².